The van der Waals surface area contributed by atoms with Gasteiger partial charge in [0.1, 0.15) is 0 Å². The topological polar surface area (TPSA) is 29.1 Å². The van der Waals surface area contributed by atoms with E-state index in [0.29, 0.717) is 5.92 Å². The third-order valence-corrected chi connectivity index (χ3v) is 2.99. The number of nitrogens with one attached hydrogen (secondary N) is 1. The molecule has 0 aliphatic carbocycles. The molecule has 88 valence electrons. The normalized spacial score (nSPS) is 10.5. The first kappa shape index (κ1) is 12.8. The minimum absolute atomic E-state index is 0.0376. The summed E-state index contributed by atoms with van der Waals surface area (Å²) in [6.07, 6.45) is 2.23. The summed E-state index contributed by atoms with van der Waals surface area (Å²) in [6.45, 7) is 7.09. The van der Waals surface area contributed by atoms with Crippen molar-refractivity contribution in [3.05, 3.63) is 35.4 Å². The van der Waals surface area contributed by atoms with E-state index in [0.717, 1.165) is 30.5 Å². The Labute approximate surface area is 98.1 Å². The second-order valence-corrected chi connectivity index (χ2v) is 4.26. The predicted molar refractivity (Wildman–Crippen MR) is 67.6 cm³/mol. The van der Waals surface area contributed by atoms with Crippen molar-refractivity contribution in [1.29, 1.82) is 0 Å². The number of hydrogen-bond donors (Lipinski definition) is 1. The standard InChI is InChI=1S/C14H21NO/c1-4-12(5-2)10-15-14(16)13-8-6-7-11(3)9-13/h6-9,12H,4-5,10H2,1-3H3,(H,15,16). The van der Waals surface area contributed by atoms with Crippen molar-refractivity contribution >= 4 is 5.91 Å². The van der Waals surface area contributed by atoms with Crippen LogP contribution in [0.1, 0.15) is 42.6 Å². The maximum atomic E-state index is 11.8. The lowest BCUT2D eigenvalue weighted by Gasteiger charge is -2.13. The number of amides is 1. The number of aryl methyl sites for hydroxylation is 1. The molecule has 0 heterocycles. The fourth-order valence-electron chi connectivity index (χ4n) is 1.70. The van der Waals surface area contributed by atoms with Gasteiger partial charge in [0, 0.05) is 12.1 Å². The van der Waals surface area contributed by atoms with Gasteiger partial charge in [-0.25, -0.2) is 0 Å². The van der Waals surface area contributed by atoms with E-state index in [1.165, 1.54) is 0 Å². The second kappa shape index (κ2) is 6.31. The van der Waals surface area contributed by atoms with Crippen molar-refractivity contribution in [2.75, 3.05) is 6.54 Å². The molecule has 2 heteroatoms. The van der Waals surface area contributed by atoms with Gasteiger partial charge in [0.05, 0.1) is 0 Å². The molecule has 0 fully saturated rings. The summed E-state index contributed by atoms with van der Waals surface area (Å²) >= 11 is 0. The quantitative estimate of drug-likeness (QED) is 0.809. The molecule has 0 aliphatic rings. The van der Waals surface area contributed by atoms with E-state index >= 15 is 0 Å². The molecule has 0 saturated carbocycles. The fraction of sp³-hybridized carbons (Fsp3) is 0.500. The third-order valence-electron chi connectivity index (χ3n) is 2.99. The van der Waals surface area contributed by atoms with E-state index < -0.39 is 0 Å². The van der Waals surface area contributed by atoms with E-state index in [-0.39, 0.29) is 5.91 Å². The summed E-state index contributed by atoms with van der Waals surface area (Å²) < 4.78 is 0. The zero-order chi connectivity index (χ0) is 12.0. The minimum Gasteiger partial charge on any atom is -0.352 e. The van der Waals surface area contributed by atoms with Gasteiger partial charge in [-0.05, 0) is 25.0 Å². The molecule has 16 heavy (non-hydrogen) atoms. The predicted octanol–water partition coefficient (Wildman–Crippen LogP) is 3.16. The molecule has 1 aromatic rings. The van der Waals surface area contributed by atoms with Crippen LogP contribution >= 0.6 is 0 Å². The van der Waals surface area contributed by atoms with Crippen LogP contribution in [0.15, 0.2) is 24.3 Å². The molecule has 1 amide bonds. The zero-order valence-corrected chi connectivity index (χ0v) is 10.4. The van der Waals surface area contributed by atoms with Crippen molar-refractivity contribution < 1.29 is 4.79 Å². The molecule has 0 bridgehead atoms. The van der Waals surface area contributed by atoms with Gasteiger partial charge in [0.25, 0.3) is 5.91 Å². The third kappa shape index (κ3) is 3.69. The van der Waals surface area contributed by atoms with Crippen molar-refractivity contribution in [1.82, 2.24) is 5.32 Å². The minimum atomic E-state index is 0.0376. The Morgan fingerprint density at radius 3 is 2.56 bits per heavy atom. The molecule has 1 rings (SSSR count). The van der Waals surface area contributed by atoms with E-state index in [9.17, 15) is 4.79 Å². The molecule has 0 atom stereocenters. The van der Waals surface area contributed by atoms with Crippen LogP contribution in [0, 0.1) is 12.8 Å². The van der Waals surface area contributed by atoms with Crippen LogP contribution in [0.25, 0.3) is 0 Å². The Kier molecular flexibility index (Phi) is 5.03. The number of carbonyl (C=O) groups excluding carboxylic acids is 1. The highest BCUT2D eigenvalue weighted by Gasteiger charge is 2.08. The lowest BCUT2D eigenvalue weighted by Crippen LogP contribution is -2.28. The van der Waals surface area contributed by atoms with Crippen molar-refractivity contribution in [2.24, 2.45) is 5.92 Å². The van der Waals surface area contributed by atoms with Gasteiger partial charge in [0.2, 0.25) is 0 Å². The summed E-state index contributed by atoms with van der Waals surface area (Å²) in [6, 6.07) is 7.69. The van der Waals surface area contributed by atoms with E-state index in [2.05, 4.69) is 19.2 Å². The summed E-state index contributed by atoms with van der Waals surface area (Å²) in [5.41, 5.74) is 1.88. The molecule has 2 nitrogen and oxygen atoms in total. The fourth-order valence-corrected chi connectivity index (χ4v) is 1.70. The van der Waals surface area contributed by atoms with Gasteiger partial charge >= 0.3 is 0 Å². The van der Waals surface area contributed by atoms with Crippen LogP contribution in [-0.4, -0.2) is 12.5 Å². The lowest BCUT2D eigenvalue weighted by atomic mass is 10.0. The van der Waals surface area contributed by atoms with Crippen molar-refractivity contribution in [3.8, 4) is 0 Å². The largest absolute Gasteiger partial charge is 0.352 e. The van der Waals surface area contributed by atoms with Crippen LogP contribution in [0.5, 0.6) is 0 Å². The highest BCUT2D eigenvalue weighted by molar-refractivity contribution is 5.94. The van der Waals surface area contributed by atoms with Crippen molar-refractivity contribution in [2.45, 2.75) is 33.6 Å². The number of hydrogen-bond acceptors (Lipinski definition) is 1. The Hall–Kier alpha value is -1.31. The highest BCUT2D eigenvalue weighted by Crippen LogP contribution is 2.07. The molecule has 1 aromatic carbocycles. The SMILES string of the molecule is CCC(CC)CNC(=O)c1cccc(C)c1. The number of carbonyl (C=O) groups is 1. The average Bonchev–Trinajstić information content (AvgIpc) is 2.30. The molecule has 0 radical (unpaired) electrons. The summed E-state index contributed by atoms with van der Waals surface area (Å²) in [5.74, 6) is 0.629. The highest BCUT2D eigenvalue weighted by atomic mass is 16.1. The average molecular weight is 219 g/mol. The second-order valence-electron chi connectivity index (χ2n) is 4.26. The van der Waals surface area contributed by atoms with Crippen molar-refractivity contribution in [3.63, 3.8) is 0 Å². The van der Waals surface area contributed by atoms with E-state index in [1.807, 2.05) is 31.2 Å². The molecule has 0 unspecified atom stereocenters. The van der Waals surface area contributed by atoms with Crippen LogP contribution < -0.4 is 5.32 Å². The molecule has 1 N–H and O–H groups in total. The molecule has 0 spiro atoms. The summed E-state index contributed by atoms with van der Waals surface area (Å²) in [7, 11) is 0. The molecule has 0 aromatic heterocycles. The zero-order valence-electron chi connectivity index (χ0n) is 10.4. The first-order valence-corrected chi connectivity index (χ1v) is 6.02. The van der Waals surface area contributed by atoms with Gasteiger partial charge in [0.15, 0.2) is 0 Å². The number of rotatable bonds is 5. The Morgan fingerprint density at radius 1 is 1.31 bits per heavy atom. The summed E-state index contributed by atoms with van der Waals surface area (Å²) in [5, 5.41) is 2.99. The van der Waals surface area contributed by atoms with E-state index in [1.54, 1.807) is 0 Å². The molecular formula is C14H21NO. The molecule has 0 aliphatic heterocycles. The van der Waals surface area contributed by atoms with Crippen LogP contribution in [0.4, 0.5) is 0 Å². The number of benzene rings is 1. The first-order chi connectivity index (χ1) is 7.67. The smallest absolute Gasteiger partial charge is 0.251 e. The van der Waals surface area contributed by atoms with Gasteiger partial charge in [-0.15, -0.1) is 0 Å². The Balaban J connectivity index is 2.52. The van der Waals surface area contributed by atoms with E-state index in [4.69, 9.17) is 0 Å². The van der Waals surface area contributed by atoms with Crippen LogP contribution in [0.2, 0.25) is 0 Å². The van der Waals surface area contributed by atoms with Crippen LogP contribution in [0.3, 0.4) is 0 Å². The van der Waals surface area contributed by atoms with Gasteiger partial charge < -0.3 is 5.32 Å². The summed E-state index contributed by atoms with van der Waals surface area (Å²) in [4.78, 5) is 11.8. The van der Waals surface area contributed by atoms with Gasteiger partial charge in [-0.2, -0.15) is 0 Å². The van der Waals surface area contributed by atoms with Gasteiger partial charge in [-0.1, -0.05) is 44.4 Å². The Morgan fingerprint density at radius 2 is 2.00 bits per heavy atom. The monoisotopic (exact) mass is 219 g/mol. The van der Waals surface area contributed by atoms with Crippen LogP contribution in [-0.2, 0) is 0 Å². The molecular weight excluding hydrogens is 198 g/mol. The first-order valence-electron chi connectivity index (χ1n) is 6.02. The maximum absolute atomic E-state index is 11.8. The molecule has 0 saturated heterocycles. The van der Waals surface area contributed by atoms with Gasteiger partial charge in [-0.3, -0.25) is 4.79 Å². The lowest BCUT2D eigenvalue weighted by molar-refractivity contribution is 0.0946. The Bertz CT molecular complexity index is 342. The maximum Gasteiger partial charge on any atom is 0.251 e.